The summed E-state index contributed by atoms with van der Waals surface area (Å²) in [7, 11) is -3.31. The van der Waals surface area contributed by atoms with Crippen LogP contribution in [0.4, 0.5) is 0 Å². The molecule has 0 amide bonds. The van der Waals surface area contributed by atoms with E-state index in [2.05, 4.69) is 0 Å². The van der Waals surface area contributed by atoms with Gasteiger partial charge in [0.2, 0.25) is 7.37 Å². The maximum Gasteiger partial charge on any atom is 0.203 e. The Morgan fingerprint density at radius 3 is 2.40 bits per heavy atom. The Morgan fingerprint density at radius 2 is 1.90 bits per heavy atom. The molecule has 1 aromatic rings. The molecule has 3 atom stereocenters. The Kier molecular flexibility index (Phi) is 9.23. The Labute approximate surface area is 135 Å². The Bertz CT molecular complexity index is 444. The van der Waals surface area contributed by atoms with Gasteiger partial charge in [-0.1, -0.05) is 37.1 Å². The van der Waals surface area contributed by atoms with Gasteiger partial charge in [0.05, 0.1) is 18.3 Å². The molecule has 116 valence electrons. The summed E-state index contributed by atoms with van der Waals surface area (Å²) in [6, 6.07) is 6.10. The zero-order chi connectivity index (χ0) is 14.5. The van der Waals surface area contributed by atoms with Gasteiger partial charge in [-0.15, -0.1) is 17.0 Å². The zero-order valence-corrected chi connectivity index (χ0v) is 14.8. The first kappa shape index (κ1) is 20.1. The lowest BCUT2D eigenvalue weighted by Crippen LogP contribution is -2.29. The third kappa shape index (κ3) is 6.70. The lowest BCUT2D eigenvalue weighted by molar-refractivity contribution is 0.164. The molecule has 0 saturated heterocycles. The molecule has 3 unspecified atom stereocenters. The van der Waals surface area contributed by atoms with E-state index in [1.165, 1.54) is 0 Å². The maximum absolute atomic E-state index is 11.9. The Hall–Kier alpha value is 0.1000. The van der Waals surface area contributed by atoms with E-state index in [1.807, 2.05) is 6.92 Å². The minimum absolute atomic E-state index is 0. The summed E-state index contributed by atoms with van der Waals surface area (Å²) in [5.74, 6) is 0. The van der Waals surface area contributed by atoms with Gasteiger partial charge in [0.25, 0.3) is 0 Å². The fourth-order valence-corrected chi connectivity index (χ4v) is 3.74. The van der Waals surface area contributed by atoms with Crippen molar-refractivity contribution in [3.63, 3.8) is 0 Å². The van der Waals surface area contributed by atoms with Crippen molar-refractivity contribution in [2.75, 3.05) is 12.3 Å². The molecule has 4 N–H and O–H groups in total. The Morgan fingerprint density at radius 1 is 1.35 bits per heavy atom. The highest BCUT2D eigenvalue weighted by atomic mass is 79.9. The third-order valence-corrected chi connectivity index (χ3v) is 5.21. The van der Waals surface area contributed by atoms with Crippen molar-refractivity contribution >= 4 is 36.0 Å². The number of nitrogens with two attached hydrogens (primary N) is 1. The predicted octanol–water partition coefficient (Wildman–Crippen LogP) is 3.35. The summed E-state index contributed by atoms with van der Waals surface area (Å²) < 4.78 is 11.9. The first-order valence-corrected chi connectivity index (χ1v) is 8.76. The number of hydrogen-bond donors (Lipinski definition) is 3. The summed E-state index contributed by atoms with van der Waals surface area (Å²) in [5, 5.41) is 10.6. The lowest BCUT2D eigenvalue weighted by atomic mass is 10.0. The predicted molar refractivity (Wildman–Crippen MR) is 89.2 cm³/mol. The van der Waals surface area contributed by atoms with Gasteiger partial charge in [-0.3, -0.25) is 4.57 Å². The van der Waals surface area contributed by atoms with Crippen LogP contribution in [-0.2, 0) is 4.57 Å². The van der Waals surface area contributed by atoms with Crippen LogP contribution in [0.15, 0.2) is 24.3 Å². The number of aliphatic hydroxyl groups excluding tert-OH is 1. The van der Waals surface area contributed by atoms with Gasteiger partial charge in [0.1, 0.15) is 0 Å². The topological polar surface area (TPSA) is 83.5 Å². The molecule has 1 rings (SSSR count). The first-order chi connectivity index (χ1) is 8.85. The minimum Gasteiger partial charge on any atom is -0.391 e. The second kappa shape index (κ2) is 9.19. The summed E-state index contributed by atoms with van der Waals surface area (Å²) in [5.41, 5.74) is 6.60. The average Bonchev–Trinajstić information content (AvgIpc) is 2.36. The normalized spacial score (nSPS) is 16.9. The van der Waals surface area contributed by atoms with Gasteiger partial charge in [0, 0.05) is 11.2 Å². The van der Waals surface area contributed by atoms with Crippen molar-refractivity contribution in [3.8, 4) is 0 Å². The second-order valence-electron chi connectivity index (χ2n) is 4.75. The van der Waals surface area contributed by atoms with E-state index >= 15 is 0 Å². The van der Waals surface area contributed by atoms with E-state index < -0.39 is 19.5 Å². The number of halogens is 2. The van der Waals surface area contributed by atoms with Gasteiger partial charge < -0.3 is 15.7 Å². The van der Waals surface area contributed by atoms with Gasteiger partial charge in [-0.05, 0) is 24.1 Å². The summed E-state index contributed by atoms with van der Waals surface area (Å²) in [6.45, 7) is 1.95. The van der Waals surface area contributed by atoms with Crippen LogP contribution in [0.1, 0.15) is 31.4 Å². The molecule has 1 aromatic carbocycles. The van der Waals surface area contributed by atoms with Gasteiger partial charge in [-0.2, -0.15) is 0 Å². The monoisotopic (exact) mass is 385 g/mol. The van der Waals surface area contributed by atoms with Crippen molar-refractivity contribution < 1.29 is 14.6 Å². The van der Waals surface area contributed by atoms with Crippen LogP contribution in [0.25, 0.3) is 0 Å². The fourth-order valence-electron chi connectivity index (χ4n) is 1.81. The molecule has 0 aliphatic heterocycles. The average molecular weight is 387 g/mol. The molecule has 0 spiro atoms. The van der Waals surface area contributed by atoms with Crippen LogP contribution in [-0.4, -0.2) is 28.4 Å². The number of rotatable bonds is 7. The molecule has 7 heteroatoms. The van der Waals surface area contributed by atoms with Crippen molar-refractivity contribution in [1.29, 1.82) is 0 Å². The molecule has 0 bridgehead atoms. The molecule has 0 radical (unpaired) electrons. The zero-order valence-electron chi connectivity index (χ0n) is 11.4. The van der Waals surface area contributed by atoms with Gasteiger partial charge in [-0.25, -0.2) is 0 Å². The molecule has 0 aliphatic rings. The molecule has 0 aliphatic carbocycles. The van der Waals surface area contributed by atoms with Crippen LogP contribution < -0.4 is 5.73 Å². The van der Waals surface area contributed by atoms with E-state index in [4.69, 9.17) is 17.3 Å². The van der Waals surface area contributed by atoms with Crippen LogP contribution >= 0.6 is 36.0 Å². The van der Waals surface area contributed by atoms with Crippen LogP contribution in [0.2, 0.25) is 5.02 Å². The lowest BCUT2D eigenvalue weighted by Gasteiger charge is -2.22. The molecular formula is C13H22BrClNO3P. The molecule has 0 aromatic heterocycles. The highest BCUT2D eigenvalue weighted by molar-refractivity contribution is 8.93. The smallest absolute Gasteiger partial charge is 0.203 e. The Balaban J connectivity index is 0.00000361. The number of unbranched alkanes of at least 4 members (excludes halogenated alkanes) is 1. The largest absolute Gasteiger partial charge is 0.391 e. The van der Waals surface area contributed by atoms with Crippen molar-refractivity contribution in [2.45, 2.75) is 31.9 Å². The van der Waals surface area contributed by atoms with E-state index in [0.717, 1.165) is 6.42 Å². The number of benzene rings is 1. The summed E-state index contributed by atoms with van der Waals surface area (Å²) in [6.07, 6.45) is 0.555. The highest BCUT2D eigenvalue weighted by Gasteiger charge is 2.26. The van der Waals surface area contributed by atoms with E-state index in [9.17, 15) is 14.6 Å². The second-order valence-corrected chi connectivity index (χ2v) is 7.69. The first-order valence-electron chi connectivity index (χ1n) is 6.35. The van der Waals surface area contributed by atoms with E-state index in [1.54, 1.807) is 24.3 Å². The van der Waals surface area contributed by atoms with Crippen LogP contribution in [0.5, 0.6) is 0 Å². The van der Waals surface area contributed by atoms with Crippen molar-refractivity contribution in [1.82, 2.24) is 0 Å². The standard InChI is InChI=1S/C13H21ClNO3P.BrH/c1-2-3-8-19(17,18)9-12(16)13(15)10-4-6-11(14)7-5-10;/h4-7,12-13,16H,2-3,8-9,15H2,1H3,(H,17,18);1H. The maximum atomic E-state index is 11.9. The van der Waals surface area contributed by atoms with Crippen molar-refractivity contribution in [2.24, 2.45) is 5.73 Å². The van der Waals surface area contributed by atoms with Crippen LogP contribution in [0.3, 0.4) is 0 Å². The van der Waals surface area contributed by atoms with E-state index in [0.29, 0.717) is 17.0 Å². The third-order valence-electron chi connectivity index (χ3n) is 3.00. The minimum atomic E-state index is -3.31. The number of hydrogen-bond acceptors (Lipinski definition) is 3. The molecule has 4 nitrogen and oxygen atoms in total. The summed E-state index contributed by atoms with van der Waals surface area (Å²) >= 11 is 5.77. The van der Waals surface area contributed by atoms with Crippen molar-refractivity contribution in [3.05, 3.63) is 34.9 Å². The molecular weight excluding hydrogens is 364 g/mol. The van der Waals surface area contributed by atoms with Gasteiger partial charge in [0.15, 0.2) is 0 Å². The number of aliphatic hydroxyl groups is 1. The molecule has 0 saturated carbocycles. The SMILES string of the molecule is Br.CCCCP(=O)(O)CC(O)C(N)c1ccc(Cl)cc1. The molecule has 20 heavy (non-hydrogen) atoms. The highest BCUT2D eigenvalue weighted by Crippen LogP contribution is 2.43. The van der Waals surface area contributed by atoms with Crippen LogP contribution in [0, 0.1) is 0 Å². The molecule has 0 fully saturated rings. The van der Waals surface area contributed by atoms with E-state index in [-0.39, 0.29) is 29.3 Å². The van der Waals surface area contributed by atoms with Gasteiger partial charge >= 0.3 is 0 Å². The molecule has 0 heterocycles. The summed E-state index contributed by atoms with van der Waals surface area (Å²) in [4.78, 5) is 9.77. The quantitative estimate of drug-likeness (QED) is 0.628. The fraction of sp³-hybridized carbons (Fsp3) is 0.538.